The highest BCUT2D eigenvalue weighted by atomic mass is 16.5. The van der Waals surface area contributed by atoms with Crippen LogP contribution in [0.1, 0.15) is 44.1 Å². The third-order valence-corrected chi connectivity index (χ3v) is 7.04. The van der Waals surface area contributed by atoms with Crippen LogP contribution in [0.5, 0.6) is 0 Å². The molecule has 2 fully saturated rings. The number of piperazine rings is 1. The zero-order valence-corrected chi connectivity index (χ0v) is 20.0. The Morgan fingerprint density at radius 1 is 1.13 bits per heavy atom. The largest absolute Gasteiger partial charge is 0.385 e. The predicted molar refractivity (Wildman–Crippen MR) is 131 cm³/mol. The number of unbranched alkanes of at least 4 members (excludes halogenated alkanes) is 1. The molecule has 0 bridgehead atoms. The first-order valence-electron chi connectivity index (χ1n) is 12.1. The van der Waals surface area contributed by atoms with Gasteiger partial charge in [-0.25, -0.2) is 0 Å². The van der Waals surface area contributed by atoms with Crippen molar-refractivity contribution in [3.63, 3.8) is 0 Å². The fraction of sp³-hybridized carbons (Fsp3) is 0.720. The van der Waals surface area contributed by atoms with Gasteiger partial charge in [-0.15, -0.1) is 0 Å². The van der Waals surface area contributed by atoms with Gasteiger partial charge in [0.1, 0.15) is 0 Å². The number of nitrogens with one attached hydrogen (secondary N) is 2. The summed E-state index contributed by atoms with van der Waals surface area (Å²) in [5.41, 5.74) is 3.12. The number of anilines is 1. The first-order chi connectivity index (χ1) is 15.1. The summed E-state index contributed by atoms with van der Waals surface area (Å²) in [6, 6.07) is 8.87. The standard InChI is InChI=1S/C25H43N5O/c1-22-8-6-9-23(20-22)30-17-15-29(16-18-30)14-5-4-13-27-24(26-2)28-21-25(10-7-11-25)12-19-31-3/h6,8-9,20H,4-5,7,10-19,21H2,1-3H3,(H2,26,27,28). The molecular weight excluding hydrogens is 386 g/mol. The Morgan fingerprint density at radius 3 is 2.58 bits per heavy atom. The molecule has 0 aromatic heterocycles. The summed E-state index contributed by atoms with van der Waals surface area (Å²) >= 11 is 0. The number of methoxy groups -OCH3 is 1. The smallest absolute Gasteiger partial charge is 0.190 e. The van der Waals surface area contributed by atoms with Gasteiger partial charge in [-0.2, -0.15) is 0 Å². The van der Waals surface area contributed by atoms with Gasteiger partial charge in [0.25, 0.3) is 0 Å². The predicted octanol–water partition coefficient (Wildman–Crippen LogP) is 3.27. The SMILES string of the molecule is CN=C(NCCCCN1CCN(c2cccc(C)c2)CC1)NCC1(CCOC)CCC1. The third-order valence-electron chi connectivity index (χ3n) is 7.04. The lowest BCUT2D eigenvalue weighted by atomic mass is 9.67. The van der Waals surface area contributed by atoms with Gasteiger partial charge in [0.15, 0.2) is 5.96 Å². The molecular formula is C25H43N5O. The maximum absolute atomic E-state index is 5.30. The molecule has 1 aromatic rings. The van der Waals surface area contributed by atoms with Crippen LogP contribution >= 0.6 is 0 Å². The highest BCUT2D eigenvalue weighted by Gasteiger charge is 2.36. The summed E-state index contributed by atoms with van der Waals surface area (Å²) in [6.07, 6.45) is 7.50. The highest BCUT2D eigenvalue weighted by Crippen LogP contribution is 2.43. The molecule has 1 saturated carbocycles. The summed E-state index contributed by atoms with van der Waals surface area (Å²) in [5.74, 6) is 0.940. The van der Waals surface area contributed by atoms with E-state index in [0.717, 1.165) is 58.3 Å². The molecule has 1 saturated heterocycles. The maximum Gasteiger partial charge on any atom is 0.190 e. The van der Waals surface area contributed by atoms with Crippen LogP contribution in [0.25, 0.3) is 0 Å². The monoisotopic (exact) mass is 429 g/mol. The molecule has 1 aromatic carbocycles. The first kappa shape index (κ1) is 23.9. The molecule has 0 radical (unpaired) electrons. The van der Waals surface area contributed by atoms with E-state index in [1.807, 2.05) is 7.05 Å². The number of benzene rings is 1. The van der Waals surface area contributed by atoms with Gasteiger partial charge >= 0.3 is 0 Å². The molecule has 174 valence electrons. The van der Waals surface area contributed by atoms with E-state index in [4.69, 9.17) is 4.74 Å². The van der Waals surface area contributed by atoms with Crippen LogP contribution in [0.4, 0.5) is 5.69 Å². The van der Waals surface area contributed by atoms with Crippen LogP contribution in [-0.2, 0) is 4.74 Å². The molecule has 1 heterocycles. The van der Waals surface area contributed by atoms with Crippen molar-refractivity contribution in [2.75, 3.05) is 71.5 Å². The van der Waals surface area contributed by atoms with Crippen LogP contribution < -0.4 is 15.5 Å². The van der Waals surface area contributed by atoms with Crippen LogP contribution in [0.3, 0.4) is 0 Å². The van der Waals surface area contributed by atoms with Crippen LogP contribution in [-0.4, -0.2) is 77.4 Å². The molecule has 2 N–H and O–H groups in total. The van der Waals surface area contributed by atoms with E-state index < -0.39 is 0 Å². The molecule has 1 aliphatic heterocycles. The Hall–Kier alpha value is -1.79. The van der Waals surface area contributed by atoms with Gasteiger partial charge in [-0.05, 0) is 68.7 Å². The zero-order chi connectivity index (χ0) is 21.9. The minimum Gasteiger partial charge on any atom is -0.385 e. The Morgan fingerprint density at radius 2 is 1.94 bits per heavy atom. The topological polar surface area (TPSA) is 52.1 Å². The molecule has 6 nitrogen and oxygen atoms in total. The van der Waals surface area contributed by atoms with Crippen LogP contribution in [0.2, 0.25) is 0 Å². The van der Waals surface area contributed by atoms with E-state index in [9.17, 15) is 0 Å². The number of hydrogen-bond acceptors (Lipinski definition) is 4. The van der Waals surface area contributed by atoms with Crippen molar-refractivity contribution in [2.45, 2.75) is 45.4 Å². The molecule has 0 spiro atoms. The average Bonchev–Trinajstić information content (AvgIpc) is 2.77. The molecule has 3 rings (SSSR count). The van der Waals surface area contributed by atoms with Crippen molar-refractivity contribution in [3.05, 3.63) is 29.8 Å². The summed E-state index contributed by atoms with van der Waals surface area (Å²) in [7, 11) is 3.66. The quantitative estimate of drug-likeness (QED) is 0.321. The average molecular weight is 430 g/mol. The van der Waals surface area contributed by atoms with E-state index in [0.29, 0.717) is 5.41 Å². The van der Waals surface area contributed by atoms with E-state index in [1.165, 1.54) is 49.9 Å². The number of guanidine groups is 1. The van der Waals surface area contributed by atoms with Crippen molar-refractivity contribution >= 4 is 11.6 Å². The van der Waals surface area contributed by atoms with Crippen molar-refractivity contribution in [1.29, 1.82) is 0 Å². The number of hydrogen-bond donors (Lipinski definition) is 2. The molecule has 1 aliphatic carbocycles. The number of rotatable bonds is 11. The minimum atomic E-state index is 0.411. The third kappa shape index (κ3) is 7.39. The fourth-order valence-corrected chi connectivity index (χ4v) is 4.72. The Bertz CT molecular complexity index is 680. The summed E-state index contributed by atoms with van der Waals surface area (Å²) in [6.45, 7) is 10.8. The summed E-state index contributed by atoms with van der Waals surface area (Å²) < 4.78 is 5.30. The molecule has 0 amide bonds. The number of aryl methyl sites for hydroxylation is 1. The number of aliphatic imine (C=N–C) groups is 1. The van der Waals surface area contributed by atoms with E-state index in [2.05, 4.69) is 56.6 Å². The summed E-state index contributed by atoms with van der Waals surface area (Å²) in [5, 5.41) is 7.05. The molecule has 6 heteroatoms. The Kier molecular flexibility index (Phi) is 9.47. The van der Waals surface area contributed by atoms with Crippen molar-refractivity contribution in [1.82, 2.24) is 15.5 Å². The van der Waals surface area contributed by atoms with Crippen LogP contribution in [0.15, 0.2) is 29.3 Å². The molecule has 31 heavy (non-hydrogen) atoms. The van der Waals surface area contributed by atoms with Crippen molar-refractivity contribution in [2.24, 2.45) is 10.4 Å². The van der Waals surface area contributed by atoms with Gasteiger partial charge in [-0.3, -0.25) is 9.89 Å². The fourth-order valence-electron chi connectivity index (χ4n) is 4.72. The molecule has 2 aliphatic rings. The summed E-state index contributed by atoms with van der Waals surface area (Å²) in [4.78, 5) is 9.53. The lowest BCUT2D eigenvalue weighted by Crippen LogP contribution is -2.47. The number of ether oxygens (including phenoxy) is 1. The van der Waals surface area contributed by atoms with Crippen molar-refractivity contribution < 1.29 is 4.74 Å². The second-order valence-electron chi connectivity index (χ2n) is 9.32. The first-order valence-corrected chi connectivity index (χ1v) is 12.1. The lowest BCUT2D eigenvalue weighted by Gasteiger charge is -2.42. The van der Waals surface area contributed by atoms with Gasteiger partial charge in [0, 0.05) is 65.7 Å². The van der Waals surface area contributed by atoms with E-state index in [-0.39, 0.29) is 0 Å². The second kappa shape index (κ2) is 12.3. The Labute approximate surface area is 189 Å². The zero-order valence-electron chi connectivity index (χ0n) is 20.0. The Balaban J connectivity index is 1.26. The van der Waals surface area contributed by atoms with Gasteiger partial charge in [-0.1, -0.05) is 18.6 Å². The van der Waals surface area contributed by atoms with Gasteiger partial charge in [0.05, 0.1) is 0 Å². The van der Waals surface area contributed by atoms with Gasteiger partial charge in [0.2, 0.25) is 0 Å². The van der Waals surface area contributed by atoms with E-state index >= 15 is 0 Å². The van der Waals surface area contributed by atoms with Crippen molar-refractivity contribution in [3.8, 4) is 0 Å². The second-order valence-corrected chi connectivity index (χ2v) is 9.32. The molecule has 0 atom stereocenters. The maximum atomic E-state index is 5.30. The van der Waals surface area contributed by atoms with Crippen LogP contribution in [0, 0.1) is 12.3 Å². The lowest BCUT2D eigenvalue weighted by molar-refractivity contribution is 0.0732. The normalized spacial score (nSPS) is 19.2. The van der Waals surface area contributed by atoms with E-state index in [1.54, 1.807) is 7.11 Å². The minimum absolute atomic E-state index is 0.411. The van der Waals surface area contributed by atoms with Gasteiger partial charge < -0.3 is 20.3 Å². The molecule has 0 unspecified atom stereocenters. The highest BCUT2D eigenvalue weighted by molar-refractivity contribution is 5.79. The number of nitrogens with zero attached hydrogens (tertiary/aromatic N) is 3.